The number of para-hydroxylation sites is 2. The van der Waals surface area contributed by atoms with Crippen LogP contribution in [0.1, 0.15) is 11.1 Å². The van der Waals surface area contributed by atoms with Crippen molar-refractivity contribution in [3.63, 3.8) is 0 Å². The first-order valence-corrected chi connectivity index (χ1v) is 8.60. The maximum atomic E-state index is 12.8. The summed E-state index contributed by atoms with van der Waals surface area (Å²) in [6, 6.07) is 14.7. The van der Waals surface area contributed by atoms with Crippen LogP contribution in [-0.4, -0.2) is 17.8 Å². The number of nitrogens with zero attached hydrogens (tertiary/aromatic N) is 1. The molecule has 1 fully saturated rings. The zero-order valence-corrected chi connectivity index (χ0v) is 14.6. The lowest BCUT2D eigenvalue weighted by Crippen LogP contribution is -2.28. The number of ether oxygens (including phenoxy) is 1. The molecular weight excluding hydrogens is 334 g/mol. The molecule has 0 atom stereocenters. The van der Waals surface area contributed by atoms with Crippen molar-refractivity contribution in [2.75, 3.05) is 11.5 Å². The van der Waals surface area contributed by atoms with E-state index in [1.54, 1.807) is 18.2 Å². The van der Waals surface area contributed by atoms with Crippen LogP contribution in [0.4, 0.5) is 10.5 Å². The Morgan fingerprint density at radius 3 is 2.60 bits per heavy atom. The fourth-order valence-corrected chi connectivity index (χ4v) is 3.34. The van der Waals surface area contributed by atoms with E-state index in [9.17, 15) is 9.59 Å². The molecule has 25 heavy (non-hydrogen) atoms. The summed E-state index contributed by atoms with van der Waals surface area (Å²) in [6.07, 6.45) is 3.35. The van der Waals surface area contributed by atoms with Gasteiger partial charge in [0.05, 0.1) is 10.6 Å². The minimum absolute atomic E-state index is 0.296. The van der Waals surface area contributed by atoms with Gasteiger partial charge >= 0.3 is 0 Å². The number of thioether (sulfide) groups is 1. The molecule has 0 radical (unpaired) electrons. The van der Waals surface area contributed by atoms with E-state index in [1.807, 2.05) is 49.4 Å². The summed E-state index contributed by atoms with van der Waals surface area (Å²) >= 11 is 0.936. The zero-order chi connectivity index (χ0) is 17.8. The van der Waals surface area contributed by atoms with Crippen LogP contribution in [0.3, 0.4) is 0 Å². The Balaban J connectivity index is 1.94. The molecular formula is C20H17NO3S. The summed E-state index contributed by atoms with van der Waals surface area (Å²) < 4.78 is 5.61. The zero-order valence-electron chi connectivity index (χ0n) is 13.8. The fourth-order valence-electron chi connectivity index (χ4n) is 2.51. The highest BCUT2D eigenvalue weighted by Crippen LogP contribution is 2.37. The van der Waals surface area contributed by atoms with Crippen molar-refractivity contribution in [1.82, 2.24) is 0 Å². The van der Waals surface area contributed by atoms with Crippen LogP contribution in [0, 0.1) is 6.92 Å². The summed E-state index contributed by atoms with van der Waals surface area (Å²) in [5, 5.41) is -0.296. The average Bonchev–Trinajstić information content (AvgIpc) is 2.88. The lowest BCUT2D eigenvalue weighted by molar-refractivity contribution is -0.113. The van der Waals surface area contributed by atoms with Gasteiger partial charge in [0.1, 0.15) is 12.4 Å². The molecule has 4 nitrogen and oxygen atoms in total. The monoisotopic (exact) mass is 351 g/mol. The Morgan fingerprint density at radius 1 is 1.12 bits per heavy atom. The molecule has 0 saturated carbocycles. The average molecular weight is 351 g/mol. The van der Waals surface area contributed by atoms with Crippen molar-refractivity contribution in [1.29, 1.82) is 0 Å². The minimum atomic E-state index is -0.317. The van der Waals surface area contributed by atoms with Crippen molar-refractivity contribution >= 4 is 34.7 Å². The van der Waals surface area contributed by atoms with E-state index in [0.717, 1.165) is 22.9 Å². The van der Waals surface area contributed by atoms with Gasteiger partial charge in [0, 0.05) is 5.56 Å². The Morgan fingerprint density at radius 2 is 1.84 bits per heavy atom. The first-order chi connectivity index (χ1) is 12.1. The second-order valence-electron chi connectivity index (χ2n) is 5.44. The summed E-state index contributed by atoms with van der Waals surface area (Å²) in [5.41, 5.74) is 2.24. The Labute approximate surface area is 150 Å². The van der Waals surface area contributed by atoms with E-state index >= 15 is 0 Å². The molecule has 3 rings (SSSR count). The van der Waals surface area contributed by atoms with E-state index in [-0.39, 0.29) is 11.1 Å². The highest BCUT2D eigenvalue weighted by molar-refractivity contribution is 8.19. The molecule has 126 valence electrons. The number of hydrogen-bond donors (Lipinski definition) is 0. The van der Waals surface area contributed by atoms with Gasteiger partial charge in [0.2, 0.25) is 0 Å². The maximum Gasteiger partial charge on any atom is 0.298 e. The molecule has 1 aliphatic heterocycles. The summed E-state index contributed by atoms with van der Waals surface area (Å²) in [7, 11) is 0. The number of carbonyl (C=O) groups is 2. The van der Waals surface area contributed by atoms with Crippen molar-refractivity contribution in [3.05, 3.63) is 77.2 Å². The molecule has 0 aliphatic carbocycles. The maximum absolute atomic E-state index is 12.8. The molecule has 2 aromatic carbocycles. The van der Waals surface area contributed by atoms with Gasteiger partial charge in [-0.05, 0) is 42.5 Å². The van der Waals surface area contributed by atoms with Gasteiger partial charge in [-0.15, -0.1) is 0 Å². The molecule has 0 unspecified atom stereocenters. The third kappa shape index (κ3) is 3.51. The number of carbonyl (C=O) groups excluding carboxylic acids is 2. The Hall–Kier alpha value is -2.79. The highest BCUT2D eigenvalue weighted by Gasteiger charge is 2.37. The third-order valence-corrected chi connectivity index (χ3v) is 4.58. The normalized spacial score (nSPS) is 15.7. The molecule has 1 saturated heterocycles. The van der Waals surface area contributed by atoms with Gasteiger partial charge in [0.25, 0.3) is 11.1 Å². The molecule has 0 aromatic heterocycles. The summed E-state index contributed by atoms with van der Waals surface area (Å²) in [6.45, 7) is 5.88. The summed E-state index contributed by atoms with van der Waals surface area (Å²) in [4.78, 5) is 26.7. The predicted octanol–water partition coefficient (Wildman–Crippen LogP) is 4.80. The van der Waals surface area contributed by atoms with Crippen LogP contribution < -0.4 is 9.64 Å². The van der Waals surface area contributed by atoms with Gasteiger partial charge in [-0.2, -0.15) is 0 Å². The standard InChI is InChI=1S/C20H17NO3S/c1-3-12-24-17-11-7-5-9-15(17)13-18-19(22)21(20(23)25-18)16-10-6-4-8-14(16)2/h3-11,13H,1,12H2,2H3/b18-13-. The molecule has 0 spiro atoms. The second-order valence-corrected chi connectivity index (χ2v) is 6.43. The first-order valence-electron chi connectivity index (χ1n) is 7.78. The van der Waals surface area contributed by atoms with Crippen LogP contribution in [0.5, 0.6) is 5.75 Å². The smallest absolute Gasteiger partial charge is 0.298 e. The number of amides is 2. The topological polar surface area (TPSA) is 46.6 Å². The number of benzene rings is 2. The van der Waals surface area contributed by atoms with Gasteiger partial charge in [-0.25, -0.2) is 4.90 Å². The van der Waals surface area contributed by atoms with E-state index < -0.39 is 0 Å². The van der Waals surface area contributed by atoms with Crippen LogP contribution in [-0.2, 0) is 4.79 Å². The first kappa shape index (κ1) is 17.0. The van der Waals surface area contributed by atoms with Crippen LogP contribution in [0.15, 0.2) is 66.1 Å². The number of rotatable bonds is 5. The number of anilines is 1. The summed E-state index contributed by atoms with van der Waals surface area (Å²) in [5.74, 6) is 0.327. The number of imide groups is 1. The van der Waals surface area contributed by atoms with Crippen LogP contribution >= 0.6 is 11.8 Å². The molecule has 1 aliphatic rings. The SMILES string of the molecule is C=CCOc1ccccc1/C=C1\SC(=O)N(c2ccccc2C)C1=O. The van der Waals surface area contributed by atoms with Gasteiger partial charge in [0.15, 0.2) is 0 Å². The van der Waals surface area contributed by atoms with Crippen molar-refractivity contribution in [2.24, 2.45) is 0 Å². The van der Waals surface area contributed by atoms with E-state index in [1.165, 1.54) is 4.90 Å². The van der Waals surface area contributed by atoms with E-state index in [0.29, 0.717) is 22.9 Å². The van der Waals surface area contributed by atoms with Gasteiger partial charge in [-0.1, -0.05) is 49.1 Å². The predicted molar refractivity (Wildman–Crippen MR) is 102 cm³/mol. The lowest BCUT2D eigenvalue weighted by atomic mass is 10.1. The van der Waals surface area contributed by atoms with Gasteiger partial charge < -0.3 is 4.74 Å². The van der Waals surface area contributed by atoms with Gasteiger partial charge in [-0.3, -0.25) is 9.59 Å². The minimum Gasteiger partial charge on any atom is -0.489 e. The second kappa shape index (κ2) is 7.40. The number of aryl methyl sites for hydroxylation is 1. The lowest BCUT2D eigenvalue weighted by Gasteiger charge is -2.14. The largest absolute Gasteiger partial charge is 0.489 e. The Kier molecular flexibility index (Phi) is 5.05. The van der Waals surface area contributed by atoms with Crippen LogP contribution in [0.2, 0.25) is 0 Å². The third-order valence-electron chi connectivity index (χ3n) is 3.71. The van der Waals surface area contributed by atoms with Crippen molar-refractivity contribution in [3.8, 4) is 5.75 Å². The highest BCUT2D eigenvalue weighted by atomic mass is 32.2. The fraction of sp³-hybridized carbons (Fsp3) is 0.100. The van der Waals surface area contributed by atoms with E-state index in [4.69, 9.17) is 4.74 Å². The molecule has 0 N–H and O–H groups in total. The Bertz CT molecular complexity index is 873. The van der Waals surface area contributed by atoms with Crippen LogP contribution in [0.25, 0.3) is 6.08 Å². The quantitative estimate of drug-likeness (QED) is 0.573. The van der Waals surface area contributed by atoms with E-state index in [2.05, 4.69) is 6.58 Å². The molecule has 2 aromatic rings. The number of hydrogen-bond acceptors (Lipinski definition) is 4. The van der Waals surface area contributed by atoms with Crippen molar-refractivity contribution in [2.45, 2.75) is 6.92 Å². The molecule has 5 heteroatoms. The molecule has 1 heterocycles. The molecule has 0 bridgehead atoms. The molecule has 2 amide bonds. The van der Waals surface area contributed by atoms with Crippen molar-refractivity contribution < 1.29 is 14.3 Å².